The molecule has 0 saturated heterocycles. The van der Waals surface area contributed by atoms with Gasteiger partial charge < -0.3 is 9.26 Å². The third kappa shape index (κ3) is 5.69. The van der Waals surface area contributed by atoms with Crippen LogP contribution in [0.2, 0.25) is 5.02 Å². The highest BCUT2D eigenvalue weighted by Gasteiger charge is 2.24. The van der Waals surface area contributed by atoms with E-state index in [1.807, 2.05) is 24.3 Å². The number of halogens is 1. The van der Waals surface area contributed by atoms with E-state index in [1.54, 1.807) is 0 Å². The molecule has 0 fully saturated rings. The number of nitrogens with zero attached hydrogens (tertiary/aromatic N) is 3. The lowest BCUT2D eigenvalue weighted by atomic mass is 10.0. The zero-order valence-electron chi connectivity index (χ0n) is 17.3. The van der Waals surface area contributed by atoms with Gasteiger partial charge in [-0.2, -0.15) is 9.29 Å². The van der Waals surface area contributed by atoms with Gasteiger partial charge in [0.25, 0.3) is 5.89 Å². The van der Waals surface area contributed by atoms with Crippen LogP contribution in [0, 0.1) is 0 Å². The van der Waals surface area contributed by atoms with Crippen LogP contribution in [-0.2, 0) is 26.2 Å². The third-order valence-electron chi connectivity index (χ3n) is 4.53. The summed E-state index contributed by atoms with van der Waals surface area (Å²) in [4.78, 5) is 16.3. The van der Waals surface area contributed by atoms with Gasteiger partial charge in [-0.25, -0.2) is 8.42 Å². The Morgan fingerprint density at radius 3 is 2.39 bits per heavy atom. The fraction of sp³-hybridized carbons (Fsp3) is 0.286. The van der Waals surface area contributed by atoms with Gasteiger partial charge in [0.2, 0.25) is 15.8 Å². The normalized spacial score (nSPS) is 11.8. The summed E-state index contributed by atoms with van der Waals surface area (Å²) in [5, 5.41) is 4.30. The van der Waals surface area contributed by atoms with Gasteiger partial charge in [-0.05, 0) is 35.7 Å². The summed E-state index contributed by atoms with van der Waals surface area (Å²) in [5.41, 5.74) is 1.97. The lowest BCUT2D eigenvalue weighted by Crippen LogP contribution is -2.33. The number of esters is 1. The standard InChI is InChI=1S/C21H22ClN3O5S/c1-14(2)15-4-6-16(7-5-15)21-23-19(30-24-21)13-29-20(26)12-25(3)31(27,28)18-10-8-17(22)9-11-18/h4-11,14H,12-13H2,1-3H3. The van der Waals surface area contributed by atoms with Crippen molar-refractivity contribution in [1.82, 2.24) is 14.4 Å². The van der Waals surface area contributed by atoms with Crippen LogP contribution >= 0.6 is 11.6 Å². The number of carbonyl (C=O) groups is 1. The Bertz CT molecular complexity index is 1140. The van der Waals surface area contributed by atoms with E-state index in [4.69, 9.17) is 20.9 Å². The van der Waals surface area contributed by atoms with Crippen molar-refractivity contribution in [2.45, 2.75) is 31.3 Å². The van der Waals surface area contributed by atoms with Crippen LogP contribution in [0.15, 0.2) is 57.9 Å². The molecule has 0 radical (unpaired) electrons. The molecule has 3 rings (SSSR count). The van der Waals surface area contributed by atoms with E-state index >= 15 is 0 Å². The highest BCUT2D eigenvalue weighted by molar-refractivity contribution is 7.89. The van der Waals surface area contributed by atoms with Gasteiger partial charge >= 0.3 is 5.97 Å². The number of aromatic nitrogens is 2. The summed E-state index contributed by atoms with van der Waals surface area (Å²) in [5.74, 6) is 0.153. The molecule has 0 aliphatic heterocycles. The van der Waals surface area contributed by atoms with Crippen LogP contribution in [0.1, 0.15) is 31.2 Å². The molecule has 0 aliphatic carbocycles. The zero-order chi connectivity index (χ0) is 22.6. The number of ether oxygens (including phenoxy) is 1. The Balaban J connectivity index is 1.57. The van der Waals surface area contributed by atoms with Crippen LogP contribution in [0.3, 0.4) is 0 Å². The van der Waals surface area contributed by atoms with Crippen molar-refractivity contribution < 1.29 is 22.5 Å². The van der Waals surface area contributed by atoms with Gasteiger partial charge in [-0.15, -0.1) is 0 Å². The summed E-state index contributed by atoms with van der Waals surface area (Å²) in [7, 11) is -2.56. The summed E-state index contributed by atoms with van der Waals surface area (Å²) in [6.45, 7) is 3.48. The smallest absolute Gasteiger partial charge is 0.321 e. The van der Waals surface area contributed by atoms with E-state index < -0.39 is 22.5 Å². The minimum absolute atomic E-state index is 0.0252. The van der Waals surface area contributed by atoms with Crippen molar-refractivity contribution in [2.24, 2.45) is 0 Å². The molecule has 0 atom stereocenters. The first-order valence-electron chi connectivity index (χ1n) is 9.47. The predicted molar refractivity (Wildman–Crippen MR) is 115 cm³/mol. The maximum absolute atomic E-state index is 12.5. The first-order valence-corrected chi connectivity index (χ1v) is 11.3. The highest BCUT2D eigenvalue weighted by Crippen LogP contribution is 2.21. The number of rotatable bonds is 8. The summed E-state index contributed by atoms with van der Waals surface area (Å²) in [6.07, 6.45) is 0. The Morgan fingerprint density at radius 1 is 1.13 bits per heavy atom. The lowest BCUT2D eigenvalue weighted by Gasteiger charge is -2.16. The molecule has 8 nitrogen and oxygen atoms in total. The number of hydrogen-bond acceptors (Lipinski definition) is 7. The molecule has 0 spiro atoms. The van der Waals surface area contributed by atoms with Crippen molar-refractivity contribution in [1.29, 1.82) is 0 Å². The minimum atomic E-state index is -3.85. The molecule has 164 valence electrons. The van der Waals surface area contributed by atoms with E-state index in [0.29, 0.717) is 16.8 Å². The van der Waals surface area contributed by atoms with Gasteiger partial charge in [0.15, 0.2) is 6.61 Å². The van der Waals surface area contributed by atoms with Crippen molar-refractivity contribution in [3.05, 3.63) is 65.0 Å². The molecule has 31 heavy (non-hydrogen) atoms. The highest BCUT2D eigenvalue weighted by atomic mass is 35.5. The van der Waals surface area contributed by atoms with Crippen molar-refractivity contribution in [3.63, 3.8) is 0 Å². The first-order chi connectivity index (χ1) is 14.7. The molecular weight excluding hydrogens is 442 g/mol. The number of hydrogen-bond donors (Lipinski definition) is 0. The van der Waals surface area contributed by atoms with Gasteiger partial charge in [0.05, 0.1) is 4.90 Å². The maximum Gasteiger partial charge on any atom is 0.321 e. The molecule has 3 aromatic rings. The van der Waals surface area contributed by atoms with Crippen LogP contribution in [-0.4, -0.2) is 42.4 Å². The molecule has 0 amide bonds. The van der Waals surface area contributed by atoms with Crippen LogP contribution in [0.4, 0.5) is 0 Å². The Labute approximate surface area is 185 Å². The van der Waals surface area contributed by atoms with E-state index in [0.717, 1.165) is 9.87 Å². The summed E-state index contributed by atoms with van der Waals surface area (Å²) < 4.78 is 36.1. The molecule has 0 unspecified atom stereocenters. The number of sulfonamides is 1. The van der Waals surface area contributed by atoms with Gasteiger partial charge in [-0.1, -0.05) is 54.9 Å². The monoisotopic (exact) mass is 463 g/mol. The molecule has 0 bridgehead atoms. The fourth-order valence-electron chi connectivity index (χ4n) is 2.69. The molecule has 0 N–H and O–H groups in total. The Hall–Kier alpha value is -2.75. The average molecular weight is 464 g/mol. The minimum Gasteiger partial charge on any atom is -0.455 e. The van der Waals surface area contributed by atoms with Crippen molar-refractivity contribution in [2.75, 3.05) is 13.6 Å². The zero-order valence-corrected chi connectivity index (χ0v) is 18.9. The molecule has 2 aromatic carbocycles. The van der Waals surface area contributed by atoms with Crippen LogP contribution in [0.5, 0.6) is 0 Å². The fourth-order valence-corrected chi connectivity index (χ4v) is 3.93. The quantitative estimate of drug-likeness (QED) is 0.467. The number of benzene rings is 2. The van der Waals surface area contributed by atoms with Crippen molar-refractivity contribution >= 4 is 27.6 Å². The number of carbonyl (C=O) groups excluding carboxylic acids is 1. The molecule has 0 aliphatic rings. The van der Waals surface area contributed by atoms with E-state index in [1.165, 1.54) is 36.9 Å². The summed E-state index contributed by atoms with van der Waals surface area (Å²) >= 11 is 5.78. The van der Waals surface area contributed by atoms with Crippen LogP contribution < -0.4 is 0 Å². The Kier molecular flexibility index (Phi) is 7.09. The van der Waals surface area contributed by atoms with E-state index in [-0.39, 0.29) is 17.4 Å². The molecule has 10 heteroatoms. The van der Waals surface area contributed by atoms with E-state index in [2.05, 4.69) is 24.0 Å². The van der Waals surface area contributed by atoms with Gasteiger partial charge in [-0.3, -0.25) is 4.79 Å². The van der Waals surface area contributed by atoms with E-state index in [9.17, 15) is 13.2 Å². The average Bonchev–Trinajstić information content (AvgIpc) is 3.21. The lowest BCUT2D eigenvalue weighted by molar-refractivity contribution is -0.145. The van der Waals surface area contributed by atoms with Gasteiger partial charge in [0.1, 0.15) is 6.54 Å². The second-order valence-electron chi connectivity index (χ2n) is 7.16. The number of likely N-dealkylation sites (N-methyl/N-ethyl adjacent to an activating group) is 1. The van der Waals surface area contributed by atoms with Crippen LogP contribution in [0.25, 0.3) is 11.4 Å². The summed E-state index contributed by atoms with van der Waals surface area (Å²) in [6, 6.07) is 13.4. The first kappa shape index (κ1) is 22.9. The second kappa shape index (κ2) is 9.59. The SMILES string of the molecule is CC(C)c1ccc(-c2noc(COC(=O)CN(C)S(=O)(=O)c3ccc(Cl)cc3)n2)cc1. The van der Waals surface area contributed by atoms with Crippen molar-refractivity contribution in [3.8, 4) is 11.4 Å². The Morgan fingerprint density at radius 2 is 1.77 bits per heavy atom. The second-order valence-corrected chi connectivity index (χ2v) is 9.65. The topological polar surface area (TPSA) is 103 Å². The van der Waals surface area contributed by atoms with Gasteiger partial charge in [0, 0.05) is 17.6 Å². The molecule has 1 heterocycles. The molecule has 0 saturated carbocycles. The molecular formula is C21H22ClN3O5S. The molecule has 1 aromatic heterocycles. The third-order valence-corrected chi connectivity index (χ3v) is 6.60. The predicted octanol–water partition coefficient (Wildman–Crippen LogP) is 3.88. The largest absolute Gasteiger partial charge is 0.455 e. The maximum atomic E-state index is 12.5.